The molecular weight excluding hydrogens is 311 g/mol. The van der Waals surface area contributed by atoms with Crippen LogP contribution in [-0.2, 0) is 14.3 Å². The van der Waals surface area contributed by atoms with Crippen molar-refractivity contribution in [3.8, 4) is 0 Å². The van der Waals surface area contributed by atoms with Crippen LogP contribution in [0.15, 0.2) is 18.2 Å². The summed E-state index contributed by atoms with van der Waals surface area (Å²) in [6, 6.07) is 2.24. The quantitative estimate of drug-likeness (QED) is 0.619. The maximum absolute atomic E-state index is 13.9. The molecule has 120 valence electrons. The van der Waals surface area contributed by atoms with Gasteiger partial charge in [0.1, 0.15) is 11.4 Å². The number of carbonyl (C=O) groups is 2. The second-order valence-corrected chi connectivity index (χ2v) is 5.85. The van der Waals surface area contributed by atoms with Crippen LogP contribution in [0.25, 0.3) is 6.08 Å². The molecule has 0 aromatic heterocycles. The smallest absolute Gasteiger partial charge is 0.339 e. The lowest BCUT2D eigenvalue weighted by Gasteiger charge is -2.17. The highest BCUT2D eigenvalue weighted by Gasteiger charge is 2.16. The Labute approximate surface area is 133 Å². The molecule has 0 bridgehead atoms. The third kappa shape index (κ3) is 5.48. The highest BCUT2D eigenvalue weighted by atomic mass is 35.5. The van der Waals surface area contributed by atoms with Gasteiger partial charge in [0.25, 0.3) is 0 Å². The molecule has 22 heavy (non-hydrogen) atoms. The second-order valence-electron chi connectivity index (χ2n) is 5.44. The minimum atomic E-state index is -0.700. The molecule has 0 atom stereocenters. The Balaban J connectivity index is 2.96. The molecule has 0 aliphatic heterocycles. The average Bonchev–Trinajstić information content (AvgIpc) is 2.37. The Morgan fingerprint density at radius 1 is 1.32 bits per heavy atom. The maximum atomic E-state index is 13.9. The van der Waals surface area contributed by atoms with Crippen molar-refractivity contribution in [1.29, 1.82) is 0 Å². The molecule has 1 rings (SSSR count). The lowest BCUT2D eigenvalue weighted by Crippen LogP contribution is -2.22. The third-order valence-corrected chi connectivity index (χ3v) is 2.70. The summed E-state index contributed by atoms with van der Waals surface area (Å²) in [4.78, 5) is 23.1. The first-order valence-corrected chi connectivity index (χ1v) is 7.09. The zero-order chi connectivity index (χ0) is 16.9. The SMILES string of the molecule is CCOC(=O)c1cc(F)c(C=CC(=O)OC(C)(C)C)cc1Cl. The fraction of sp³-hybridized carbons (Fsp3) is 0.375. The zero-order valence-electron chi connectivity index (χ0n) is 12.9. The minimum Gasteiger partial charge on any atom is -0.462 e. The monoisotopic (exact) mass is 328 g/mol. The molecule has 1 aromatic rings. The van der Waals surface area contributed by atoms with Crippen molar-refractivity contribution >= 4 is 29.6 Å². The van der Waals surface area contributed by atoms with E-state index >= 15 is 0 Å². The highest BCUT2D eigenvalue weighted by molar-refractivity contribution is 6.33. The van der Waals surface area contributed by atoms with Gasteiger partial charge in [-0.1, -0.05) is 11.6 Å². The van der Waals surface area contributed by atoms with Gasteiger partial charge in [0.05, 0.1) is 17.2 Å². The number of rotatable bonds is 4. The minimum absolute atomic E-state index is 0.0451. The molecule has 0 amide bonds. The molecule has 0 saturated heterocycles. The summed E-state index contributed by atoms with van der Waals surface area (Å²) in [5.41, 5.74) is -0.620. The zero-order valence-corrected chi connectivity index (χ0v) is 13.7. The van der Waals surface area contributed by atoms with Crippen LogP contribution in [0.2, 0.25) is 5.02 Å². The van der Waals surface area contributed by atoms with Gasteiger partial charge in [0.15, 0.2) is 0 Å². The van der Waals surface area contributed by atoms with E-state index in [4.69, 9.17) is 21.1 Å². The molecule has 0 radical (unpaired) electrons. The highest BCUT2D eigenvalue weighted by Crippen LogP contribution is 2.23. The van der Waals surface area contributed by atoms with E-state index in [2.05, 4.69) is 0 Å². The Morgan fingerprint density at radius 3 is 2.50 bits per heavy atom. The standard InChI is InChI=1S/C16H18ClFO4/c1-5-21-15(20)11-9-13(18)10(8-12(11)17)6-7-14(19)22-16(2,3)4/h6-9H,5H2,1-4H3. The average molecular weight is 329 g/mol. The van der Waals surface area contributed by atoms with Crippen molar-refractivity contribution in [1.82, 2.24) is 0 Å². The van der Waals surface area contributed by atoms with Crippen LogP contribution >= 0.6 is 11.6 Å². The van der Waals surface area contributed by atoms with Gasteiger partial charge in [-0.2, -0.15) is 0 Å². The second kappa shape index (κ2) is 7.40. The first-order valence-electron chi connectivity index (χ1n) is 6.71. The number of carbonyl (C=O) groups excluding carboxylic acids is 2. The molecule has 0 heterocycles. The van der Waals surface area contributed by atoms with Crippen LogP contribution in [-0.4, -0.2) is 24.1 Å². The molecule has 0 saturated carbocycles. The Hall–Kier alpha value is -1.88. The molecule has 4 nitrogen and oxygen atoms in total. The van der Waals surface area contributed by atoms with Gasteiger partial charge < -0.3 is 9.47 Å². The van der Waals surface area contributed by atoms with Gasteiger partial charge in [0, 0.05) is 11.6 Å². The number of hydrogen-bond acceptors (Lipinski definition) is 4. The van der Waals surface area contributed by atoms with Gasteiger partial charge in [-0.15, -0.1) is 0 Å². The van der Waals surface area contributed by atoms with Gasteiger partial charge in [-0.3, -0.25) is 0 Å². The predicted octanol–water partition coefficient (Wildman–Crippen LogP) is 4.01. The summed E-state index contributed by atoms with van der Waals surface area (Å²) in [6.45, 7) is 6.98. The summed E-state index contributed by atoms with van der Waals surface area (Å²) < 4.78 is 23.8. The fourth-order valence-electron chi connectivity index (χ4n) is 1.55. The van der Waals surface area contributed by atoms with E-state index in [9.17, 15) is 14.0 Å². The first kappa shape index (κ1) is 18.2. The van der Waals surface area contributed by atoms with Gasteiger partial charge in [0.2, 0.25) is 0 Å². The number of benzene rings is 1. The number of halogens is 2. The largest absolute Gasteiger partial charge is 0.462 e. The summed E-state index contributed by atoms with van der Waals surface area (Å²) in [5, 5.41) is 0.0451. The van der Waals surface area contributed by atoms with E-state index < -0.39 is 23.4 Å². The molecule has 0 N–H and O–H groups in total. The van der Waals surface area contributed by atoms with Crippen LogP contribution < -0.4 is 0 Å². The molecule has 0 unspecified atom stereocenters. The summed E-state index contributed by atoms with van der Waals surface area (Å²) in [6.07, 6.45) is 2.34. The topological polar surface area (TPSA) is 52.6 Å². The van der Waals surface area contributed by atoms with E-state index in [0.717, 1.165) is 12.1 Å². The number of hydrogen-bond donors (Lipinski definition) is 0. The van der Waals surface area contributed by atoms with E-state index in [1.54, 1.807) is 27.7 Å². The Bertz CT molecular complexity index is 603. The Kier molecular flexibility index (Phi) is 6.11. The van der Waals surface area contributed by atoms with Crippen molar-refractivity contribution in [2.24, 2.45) is 0 Å². The molecule has 6 heteroatoms. The van der Waals surface area contributed by atoms with Crippen molar-refractivity contribution in [2.75, 3.05) is 6.61 Å². The third-order valence-electron chi connectivity index (χ3n) is 2.39. The van der Waals surface area contributed by atoms with Crippen LogP contribution in [0.5, 0.6) is 0 Å². The van der Waals surface area contributed by atoms with Crippen LogP contribution in [0.3, 0.4) is 0 Å². The van der Waals surface area contributed by atoms with Gasteiger partial charge >= 0.3 is 11.9 Å². The number of ether oxygens (including phenoxy) is 2. The maximum Gasteiger partial charge on any atom is 0.339 e. The normalized spacial score (nSPS) is 11.5. The molecule has 0 aliphatic carbocycles. The van der Waals surface area contributed by atoms with Crippen molar-refractivity contribution < 1.29 is 23.5 Å². The number of esters is 2. The van der Waals surface area contributed by atoms with Crippen molar-refractivity contribution in [3.63, 3.8) is 0 Å². The first-order chi connectivity index (χ1) is 10.1. The summed E-state index contributed by atoms with van der Waals surface area (Å²) >= 11 is 5.94. The molecule has 0 aliphatic rings. The van der Waals surface area contributed by atoms with Crippen molar-refractivity contribution in [2.45, 2.75) is 33.3 Å². The lowest BCUT2D eigenvalue weighted by atomic mass is 10.1. The molecular formula is C16H18ClFO4. The Morgan fingerprint density at radius 2 is 1.95 bits per heavy atom. The van der Waals surface area contributed by atoms with Crippen molar-refractivity contribution in [3.05, 3.63) is 40.2 Å². The summed E-state index contributed by atoms with van der Waals surface area (Å²) in [5.74, 6) is -1.99. The van der Waals surface area contributed by atoms with E-state index in [-0.39, 0.29) is 22.8 Å². The van der Waals surface area contributed by atoms with E-state index in [1.165, 1.54) is 12.1 Å². The van der Waals surface area contributed by atoms with E-state index in [0.29, 0.717) is 0 Å². The van der Waals surface area contributed by atoms with Gasteiger partial charge in [-0.05, 0) is 45.9 Å². The van der Waals surface area contributed by atoms with Gasteiger partial charge in [-0.25, -0.2) is 14.0 Å². The molecule has 1 aromatic carbocycles. The van der Waals surface area contributed by atoms with Crippen LogP contribution in [0.4, 0.5) is 4.39 Å². The predicted molar refractivity (Wildman–Crippen MR) is 82.2 cm³/mol. The summed E-state index contributed by atoms with van der Waals surface area (Å²) in [7, 11) is 0. The fourth-order valence-corrected chi connectivity index (χ4v) is 1.80. The lowest BCUT2D eigenvalue weighted by molar-refractivity contribution is -0.148. The van der Waals surface area contributed by atoms with Crippen LogP contribution in [0, 0.1) is 5.82 Å². The molecule has 0 fully saturated rings. The van der Waals surface area contributed by atoms with E-state index in [1.807, 2.05) is 0 Å². The molecule has 0 spiro atoms. The van der Waals surface area contributed by atoms with Crippen LogP contribution in [0.1, 0.15) is 43.6 Å².